The number of hydrogen-bond acceptors (Lipinski definition) is 5. The van der Waals surface area contributed by atoms with Crippen molar-refractivity contribution in [3.8, 4) is 17.2 Å². The maximum atomic E-state index is 13.2. The topological polar surface area (TPSA) is 60.0 Å². The molecule has 0 radical (unpaired) electrons. The van der Waals surface area contributed by atoms with Gasteiger partial charge in [0.05, 0.1) is 27.2 Å². The minimum Gasteiger partial charge on any atom is -0.497 e. The number of ether oxygens (including phenoxy) is 3. The van der Waals surface area contributed by atoms with Crippen molar-refractivity contribution in [2.24, 2.45) is 5.92 Å². The van der Waals surface area contributed by atoms with Crippen LogP contribution < -0.4 is 24.4 Å². The molecule has 2 aliphatic heterocycles. The van der Waals surface area contributed by atoms with Crippen LogP contribution in [0.5, 0.6) is 17.2 Å². The van der Waals surface area contributed by atoms with Crippen molar-refractivity contribution < 1.29 is 19.0 Å². The van der Waals surface area contributed by atoms with Crippen molar-refractivity contribution in [1.29, 1.82) is 0 Å². The number of anilines is 1. The number of piperidine rings is 1. The van der Waals surface area contributed by atoms with E-state index in [1.807, 2.05) is 24.3 Å². The zero-order valence-electron chi connectivity index (χ0n) is 18.6. The molecule has 2 aromatic carbocycles. The molecule has 2 aliphatic rings. The second-order valence-corrected chi connectivity index (χ2v) is 8.29. The van der Waals surface area contributed by atoms with Crippen LogP contribution in [0.15, 0.2) is 36.4 Å². The van der Waals surface area contributed by atoms with E-state index in [1.54, 1.807) is 21.3 Å². The molecule has 1 fully saturated rings. The molecule has 0 aliphatic carbocycles. The smallest absolute Gasteiger partial charge is 0.225 e. The summed E-state index contributed by atoms with van der Waals surface area (Å²) in [5, 5.41) is 3.19. The standard InChI is InChI=1S/C25H32N2O4/c1-29-19-9-8-18-15-20(21-6-4-5-13-27(21)22(18)16-19)25(28)26-12-11-17-7-10-23(30-2)24(14-17)31-3/h7-10,14,16,20-21H,4-6,11-13,15H2,1-3H3,(H,26,28)/t20-,21+/m1/s1. The first-order valence-electron chi connectivity index (χ1n) is 11.1. The van der Waals surface area contributed by atoms with E-state index >= 15 is 0 Å². The number of methoxy groups -OCH3 is 3. The maximum absolute atomic E-state index is 13.2. The summed E-state index contributed by atoms with van der Waals surface area (Å²) < 4.78 is 16.1. The van der Waals surface area contributed by atoms with E-state index < -0.39 is 0 Å². The van der Waals surface area contributed by atoms with Gasteiger partial charge in [-0.2, -0.15) is 0 Å². The molecule has 1 N–H and O–H groups in total. The quantitative estimate of drug-likeness (QED) is 0.736. The summed E-state index contributed by atoms with van der Waals surface area (Å²) >= 11 is 0. The SMILES string of the molecule is COc1ccc2c(c1)N1CCCC[C@H]1[C@H](C(=O)NCCc1ccc(OC)c(OC)c1)C2. The van der Waals surface area contributed by atoms with Gasteiger partial charge in [0.15, 0.2) is 11.5 Å². The van der Waals surface area contributed by atoms with Gasteiger partial charge in [0.2, 0.25) is 5.91 Å². The molecule has 1 amide bonds. The summed E-state index contributed by atoms with van der Waals surface area (Å²) in [5.74, 6) is 2.43. The Bertz CT molecular complexity index is 930. The number of benzene rings is 2. The summed E-state index contributed by atoms with van der Waals surface area (Å²) in [6.07, 6.45) is 4.94. The first-order chi connectivity index (χ1) is 15.1. The average molecular weight is 425 g/mol. The van der Waals surface area contributed by atoms with Crippen LogP contribution in [0.4, 0.5) is 5.69 Å². The monoisotopic (exact) mass is 424 g/mol. The molecule has 2 heterocycles. The van der Waals surface area contributed by atoms with Crippen LogP contribution in [-0.4, -0.2) is 46.4 Å². The summed E-state index contributed by atoms with van der Waals surface area (Å²) in [6.45, 7) is 1.60. The Balaban J connectivity index is 1.43. The van der Waals surface area contributed by atoms with Gasteiger partial charge >= 0.3 is 0 Å². The molecule has 4 rings (SSSR count). The Hall–Kier alpha value is -2.89. The third-order valence-corrected chi connectivity index (χ3v) is 6.55. The Morgan fingerprint density at radius 3 is 2.65 bits per heavy atom. The molecule has 166 valence electrons. The maximum Gasteiger partial charge on any atom is 0.225 e. The van der Waals surface area contributed by atoms with Gasteiger partial charge in [0.1, 0.15) is 5.75 Å². The highest BCUT2D eigenvalue weighted by molar-refractivity contribution is 5.82. The highest BCUT2D eigenvalue weighted by Gasteiger charge is 2.39. The molecule has 0 spiro atoms. The van der Waals surface area contributed by atoms with Gasteiger partial charge in [-0.05, 0) is 61.4 Å². The summed E-state index contributed by atoms with van der Waals surface area (Å²) in [4.78, 5) is 15.6. The predicted octanol–water partition coefficient (Wildman–Crippen LogP) is 3.60. The molecule has 2 aromatic rings. The van der Waals surface area contributed by atoms with E-state index in [4.69, 9.17) is 14.2 Å². The molecule has 1 saturated heterocycles. The second-order valence-electron chi connectivity index (χ2n) is 8.29. The van der Waals surface area contributed by atoms with Crippen molar-refractivity contribution in [1.82, 2.24) is 5.32 Å². The van der Waals surface area contributed by atoms with Crippen molar-refractivity contribution in [3.05, 3.63) is 47.5 Å². The molecule has 0 unspecified atom stereocenters. The van der Waals surface area contributed by atoms with Crippen LogP contribution in [0.25, 0.3) is 0 Å². The summed E-state index contributed by atoms with van der Waals surface area (Å²) in [6, 6.07) is 12.4. The van der Waals surface area contributed by atoms with Gasteiger partial charge in [-0.3, -0.25) is 4.79 Å². The fraction of sp³-hybridized carbons (Fsp3) is 0.480. The minimum absolute atomic E-state index is 0.0217. The van der Waals surface area contributed by atoms with Gasteiger partial charge in [0.25, 0.3) is 0 Å². The Kier molecular flexibility index (Phi) is 6.54. The van der Waals surface area contributed by atoms with Gasteiger partial charge < -0.3 is 24.4 Å². The van der Waals surface area contributed by atoms with Crippen molar-refractivity contribution in [3.63, 3.8) is 0 Å². The number of rotatable bonds is 7. The number of hydrogen-bond donors (Lipinski definition) is 1. The molecule has 2 atom stereocenters. The predicted molar refractivity (Wildman–Crippen MR) is 121 cm³/mol. The van der Waals surface area contributed by atoms with Crippen molar-refractivity contribution in [2.75, 3.05) is 39.3 Å². The number of amides is 1. The first kappa shape index (κ1) is 21.3. The molecule has 0 aromatic heterocycles. The lowest BCUT2D eigenvalue weighted by atomic mass is 9.80. The van der Waals surface area contributed by atoms with Crippen LogP contribution in [0, 0.1) is 5.92 Å². The number of nitrogens with zero attached hydrogens (tertiary/aromatic N) is 1. The largest absolute Gasteiger partial charge is 0.497 e. The van der Waals surface area contributed by atoms with Crippen LogP contribution in [0.3, 0.4) is 0 Å². The third kappa shape index (κ3) is 4.43. The first-order valence-corrected chi connectivity index (χ1v) is 11.1. The highest BCUT2D eigenvalue weighted by Crippen LogP contribution is 2.40. The lowest BCUT2D eigenvalue weighted by Gasteiger charge is -2.46. The lowest BCUT2D eigenvalue weighted by molar-refractivity contribution is -0.125. The normalized spacial score (nSPS) is 19.8. The number of fused-ring (bicyclic) bond motifs is 3. The van der Waals surface area contributed by atoms with Crippen LogP contribution >= 0.6 is 0 Å². The van der Waals surface area contributed by atoms with Gasteiger partial charge in [-0.15, -0.1) is 0 Å². The van der Waals surface area contributed by atoms with E-state index in [1.165, 1.54) is 24.1 Å². The van der Waals surface area contributed by atoms with Crippen molar-refractivity contribution >= 4 is 11.6 Å². The summed E-state index contributed by atoms with van der Waals surface area (Å²) in [7, 11) is 4.97. The zero-order chi connectivity index (χ0) is 21.8. The third-order valence-electron chi connectivity index (χ3n) is 6.55. The molecule has 0 bridgehead atoms. The van der Waals surface area contributed by atoms with Crippen LogP contribution in [-0.2, 0) is 17.6 Å². The Morgan fingerprint density at radius 1 is 1.03 bits per heavy atom. The van der Waals surface area contributed by atoms with Crippen molar-refractivity contribution in [2.45, 2.75) is 38.1 Å². The van der Waals surface area contributed by atoms with E-state index in [2.05, 4.69) is 22.3 Å². The lowest BCUT2D eigenvalue weighted by Crippen LogP contribution is -2.53. The highest BCUT2D eigenvalue weighted by atomic mass is 16.5. The average Bonchev–Trinajstić information content (AvgIpc) is 2.82. The zero-order valence-corrected chi connectivity index (χ0v) is 18.6. The van der Waals surface area contributed by atoms with Gasteiger partial charge in [-0.25, -0.2) is 0 Å². The molecule has 31 heavy (non-hydrogen) atoms. The van der Waals surface area contributed by atoms with Crippen LogP contribution in [0.2, 0.25) is 0 Å². The molecule has 0 saturated carbocycles. The fourth-order valence-corrected chi connectivity index (χ4v) is 4.92. The van der Waals surface area contributed by atoms with Gasteiger partial charge in [-0.1, -0.05) is 12.1 Å². The number of carbonyl (C=O) groups is 1. The fourth-order valence-electron chi connectivity index (χ4n) is 4.92. The molecular weight excluding hydrogens is 392 g/mol. The number of carbonyl (C=O) groups excluding carboxylic acids is 1. The Morgan fingerprint density at radius 2 is 1.87 bits per heavy atom. The van der Waals surface area contributed by atoms with E-state index in [0.29, 0.717) is 18.0 Å². The Labute approximate surface area is 184 Å². The summed E-state index contributed by atoms with van der Waals surface area (Å²) in [5.41, 5.74) is 3.58. The van der Waals surface area contributed by atoms with Crippen LogP contribution in [0.1, 0.15) is 30.4 Å². The minimum atomic E-state index is -0.0217. The van der Waals surface area contributed by atoms with E-state index in [0.717, 1.165) is 37.1 Å². The molecule has 6 nitrogen and oxygen atoms in total. The molecular formula is C25H32N2O4. The molecule has 6 heteroatoms. The van der Waals surface area contributed by atoms with E-state index in [-0.39, 0.29) is 17.9 Å². The van der Waals surface area contributed by atoms with Gasteiger partial charge in [0, 0.05) is 30.9 Å². The van der Waals surface area contributed by atoms with E-state index in [9.17, 15) is 4.79 Å². The number of nitrogens with one attached hydrogen (secondary N) is 1. The second kappa shape index (κ2) is 9.50.